The van der Waals surface area contributed by atoms with Gasteiger partial charge in [0, 0.05) is 18.2 Å². The van der Waals surface area contributed by atoms with Gasteiger partial charge < -0.3 is 15.0 Å². The van der Waals surface area contributed by atoms with Crippen LogP contribution in [-0.4, -0.2) is 47.1 Å². The van der Waals surface area contributed by atoms with E-state index >= 15 is 0 Å². The minimum absolute atomic E-state index is 0.0147. The van der Waals surface area contributed by atoms with Gasteiger partial charge in [-0.05, 0) is 25.8 Å². The molecule has 0 bridgehead atoms. The van der Waals surface area contributed by atoms with Gasteiger partial charge in [0.05, 0.1) is 0 Å². The van der Waals surface area contributed by atoms with E-state index < -0.39 is 16.9 Å². The summed E-state index contributed by atoms with van der Waals surface area (Å²) in [5.74, 6) is -0.413. The van der Waals surface area contributed by atoms with E-state index in [4.69, 9.17) is 4.74 Å². The zero-order valence-corrected chi connectivity index (χ0v) is 15.2. The number of carbonyl (C=O) groups excluding carboxylic acids is 3. The molecule has 134 valence electrons. The molecule has 1 aromatic carbocycles. The number of nitrogens with one attached hydrogen (secondary N) is 1. The van der Waals surface area contributed by atoms with Crippen molar-refractivity contribution in [2.24, 2.45) is 0 Å². The summed E-state index contributed by atoms with van der Waals surface area (Å²) in [5, 5.41) is 2.68. The Morgan fingerprint density at radius 2 is 2.08 bits per heavy atom. The maximum atomic E-state index is 12.5. The summed E-state index contributed by atoms with van der Waals surface area (Å²) >= 11 is 1.60. The summed E-state index contributed by atoms with van der Waals surface area (Å²) in [7, 11) is 0. The zero-order chi connectivity index (χ0) is 18.0. The number of carbonyl (C=O) groups is 3. The number of ether oxygens (including phenoxy) is 1. The highest BCUT2D eigenvalue weighted by Crippen LogP contribution is 2.54. The van der Waals surface area contributed by atoms with Gasteiger partial charge in [-0.2, -0.15) is 0 Å². The molecule has 2 heterocycles. The van der Waals surface area contributed by atoms with Crippen LogP contribution < -0.4 is 5.32 Å². The van der Waals surface area contributed by atoms with Gasteiger partial charge in [-0.25, -0.2) is 4.79 Å². The molecule has 1 N–H and O–H groups in total. The normalized spacial score (nSPS) is 25.2. The Bertz CT molecular complexity index is 679. The first-order valence-corrected chi connectivity index (χ1v) is 9.40. The predicted molar refractivity (Wildman–Crippen MR) is 94.7 cm³/mol. The van der Waals surface area contributed by atoms with Gasteiger partial charge >= 0.3 is 5.97 Å². The smallest absolute Gasteiger partial charge is 0.330 e. The third kappa shape index (κ3) is 3.38. The first kappa shape index (κ1) is 17.8. The van der Waals surface area contributed by atoms with Gasteiger partial charge in [0.2, 0.25) is 5.91 Å². The Labute approximate surface area is 151 Å². The van der Waals surface area contributed by atoms with E-state index in [0.29, 0.717) is 18.6 Å². The molecule has 0 radical (unpaired) electrons. The van der Waals surface area contributed by atoms with Crippen LogP contribution in [0.2, 0.25) is 0 Å². The van der Waals surface area contributed by atoms with Gasteiger partial charge in [-0.3, -0.25) is 9.59 Å². The van der Waals surface area contributed by atoms with Crippen LogP contribution in [0, 0.1) is 0 Å². The third-order valence-corrected chi connectivity index (χ3v) is 6.02. The Balaban J connectivity index is 1.73. The van der Waals surface area contributed by atoms with E-state index in [1.807, 2.05) is 44.2 Å². The lowest BCUT2D eigenvalue weighted by atomic mass is 10.0. The fourth-order valence-electron chi connectivity index (χ4n) is 3.41. The first-order valence-electron chi connectivity index (χ1n) is 8.42. The average molecular weight is 362 g/mol. The van der Waals surface area contributed by atoms with Crippen LogP contribution in [0.3, 0.4) is 0 Å². The molecule has 0 unspecified atom stereocenters. The van der Waals surface area contributed by atoms with Crippen molar-refractivity contribution >= 4 is 29.5 Å². The zero-order valence-electron chi connectivity index (χ0n) is 14.4. The molecule has 0 aromatic heterocycles. The third-order valence-electron chi connectivity index (χ3n) is 4.42. The highest BCUT2D eigenvalue weighted by atomic mass is 32.2. The Morgan fingerprint density at radius 1 is 1.36 bits per heavy atom. The van der Waals surface area contributed by atoms with Gasteiger partial charge in [-0.15, -0.1) is 11.8 Å². The summed E-state index contributed by atoms with van der Waals surface area (Å²) in [6.07, 6.45) is 1.09. The van der Waals surface area contributed by atoms with Crippen molar-refractivity contribution < 1.29 is 19.1 Å². The van der Waals surface area contributed by atoms with Crippen LogP contribution >= 0.6 is 11.8 Å². The minimum Gasteiger partial charge on any atom is -0.454 e. The lowest BCUT2D eigenvalue weighted by Crippen LogP contribution is -2.47. The molecule has 0 spiro atoms. The quantitative estimate of drug-likeness (QED) is 0.806. The van der Waals surface area contributed by atoms with E-state index in [1.54, 1.807) is 16.7 Å². The molecule has 25 heavy (non-hydrogen) atoms. The number of nitrogens with zero attached hydrogens (tertiary/aromatic N) is 1. The van der Waals surface area contributed by atoms with Crippen molar-refractivity contribution in [1.29, 1.82) is 0 Å². The fraction of sp³-hybridized carbons (Fsp3) is 0.500. The van der Waals surface area contributed by atoms with E-state index in [9.17, 15) is 14.4 Å². The van der Waals surface area contributed by atoms with Crippen molar-refractivity contribution in [2.75, 3.05) is 12.4 Å². The Kier molecular flexibility index (Phi) is 5.03. The summed E-state index contributed by atoms with van der Waals surface area (Å²) < 4.78 is 5.17. The second-order valence-corrected chi connectivity index (χ2v) is 7.87. The predicted octanol–water partition coefficient (Wildman–Crippen LogP) is 1.64. The van der Waals surface area contributed by atoms with Gasteiger partial charge in [0.25, 0.3) is 5.91 Å². The molecule has 7 heteroatoms. The lowest BCUT2D eigenvalue weighted by molar-refractivity contribution is -0.156. The average Bonchev–Trinajstić information content (AvgIpc) is 3.13. The number of fused-ring (bicyclic) bond motifs is 1. The van der Waals surface area contributed by atoms with E-state index in [1.165, 1.54) is 0 Å². The number of hydrogen-bond donors (Lipinski definition) is 1. The van der Waals surface area contributed by atoms with Gasteiger partial charge in [0.1, 0.15) is 10.9 Å². The molecule has 1 aromatic rings. The fourth-order valence-corrected chi connectivity index (χ4v) is 5.05. The van der Waals surface area contributed by atoms with E-state index in [0.717, 1.165) is 5.56 Å². The highest BCUT2D eigenvalue weighted by Gasteiger charge is 2.57. The van der Waals surface area contributed by atoms with Gasteiger partial charge in [0.15, 0.2) is 6.61 Å². The molecule has 2 fully saturated rings. The van der Waals surface area contributed by atoms with Crippen molar-refractivity contribution in [2.45, 2.75) is 43.6 Å². The number of hydrogen-bond acceptors (Lipinski definition) is 5. The Hall–Kier alpha value is -2.02. The summed E-state index contributed by atoms with van der Waals surface area (Å²) in [4.78, 5) is 37.8. The maximum Gasteiger partial charge on any atom is 0.330 e. The second-order valence-electron chi connectivity index (χ2n) is 6.57. The molecule has 2 aliphatic rings. The van der Waals surface area contributed by atoms with Crippen LogP contribution in [0.5, 0.6) is 0 Å². The molecule has 0 aliphatic carbocycles. The number of rotatable bonds is 5. The number of benzene rings is 1. The maximum absolute atomic E-state index is 12.5. The highest BCUT2D eigenvalue weighted by molar-refractivity contribution is 8.00. The molecule has 2 saturated heterocycles. The van der Waals surface area contributed by atoms with Crippen molar-refractivity contribution in [3.8, 4) is 0 Å². The SMILES string of the molecule is CC(C)NC(=O)COC(=O)[C@H]1CS[C@]2(c3ccccc3)CCC(=O)N12. The molecule has 6 nitrogen and oxygen atoms in total. The largest absolute Gasteiger partial charge is 0.454 e. The van der Waals surface area contributed by atoms with E-state index in [-0.39, 0.29) is 24.5 Å². The Morgan fingerprint density at radius 3 is 2.76 bits per heavy atom. The summed E-state index contributed by atoms with van der Waals surface area (Å²) in [6, 6.07) is 9.12. The minimum atomic E-state index is -0.646. The van der Waals surface area contributed by atoms with Crippen molar-refractivity contribution in [3.05, 3.63) is 35.9 Å². The number of amides is 2. The van der Waals surface area contributed by atoms with Crippen LogP contribution in [0.4, 0.5) is 0 Å². The van der Waals surface area contributed by atoms with E-state index in [2.05, 4.69) is 5.32 Å². The van der Waals surface area contributed by atoms with Crippen LogP contribution in [0.1, 0.15) is 32.3 Å². The first-order chi connectivity index (χ1) is 11.9. The van der Waals surface area contributed by atoms with Gasteiger partial charge in [-0.1, -0.05) is 30.3 Å². The lowest BCUT2D eigenvalue weighted by Gasteiger charge is -2.33. The number of esters is 1. The molecule has 2 atom stereocenters. The van der Waals surface area contributed by atoms with Crippen molar-refractivity contribution in [1.82, 2.24) is 10.2 Å². The summed E-state index contributed by atoms with van der Waals surface area (Å²) in [6.45, 7) is 3.35. The molecule has 2 aliphatic heterocycles. The number of thioether (sulfide) groups is 1. The second kappa shape index (κ2) is 7.07. The molecule has 2 amide bonds. The van der Waals surface area contributed by atoms with Crippen LogP contribution in [0.15, 0.2) is 30.3 Å². The molecular formula is C18H22N2O4S. The van der Waals surface area contributed by atoms with Crippen LogP contribution in [-0.2, 0) is 24.0 Å². The standard InChI is InChI=1S/C18H22N2O4S/c1-12(2)19-15(21)10-24-17(23)14-11-25-18(9-8-16(22)20(14)18)13-6-4-3-5-7-13/h3-7,12,14H,8-11H2,1-2H3,(H,19,21)/t14-,18+/m1/s1. The van der Waals surface area contributed by atoms with Crippen molar-refractivity contribution in [3.63, 3.8) is 0 Å². The molecule has 0 saturated carbocycles. The molecular weight excluding hydrogens is 340 g/mol. The topological polar surface area (TPSA) is 75.7 Å². The molecule has 3 rings (SSSR count). The summed E-state index contributed by atoms with van der Waals surface area (Å²) in [5.41, 5.74) is 1.03. The monoisotopic (exact) mass is 362 g/mol. The van der Waals surface area contributed by atoms with Crippen LogP contribution in [0.25, 0.3) is 0 Å².